The Balaban J connectivity index is 1.80. The minimum atomic E-state index is -0.213. The van der Waals surface area contributed by atoms with E-state index in [0.717, 1.165) is 25.2 Å². The number of ether oxygens (including phenoxy) is 1. The van der Waals surface area contributed by atoms with Crippen molar-refractivity contribution in [3.63, 3.8) is 0 Å². The number of aromatic nitrogens is 1. The van der Waals surface area contributed by atoms with Crippen LogP contribution in [0.5, 0.6) is 0 Å². The van der Waals surface area contributed by atoms with Crippen LogP contribution in [-0.4, -0.2) is 53.7 Å². The molecule has 0 bridgehead atoms. The summed E-state index contributed by atoms with van der Waals surface area (Å²) in [6.45, 7) is 6.20. The molecule has 2 heterocycles. The summed E-state index contributed by atoms with van der Waals surface area (Å²) < 4.78 is 4.99. The summed E-state index contributed by atoms with van der Waals surface area (Å²) in [5.74, 6) is 0. The lowest BCUT2D eigenvalue weighted by molar-refractivity contribution is 0.0778. The first kappa shape index (κ1) is 14.1. The van der Waals surface area contributed by atoms with Crippen molar-refractivity contribution in [1.29, 1.82) is 0 Å². The molecule has 1 aromatic heterocycles. The van der Waals surface area contributed by atoms with E-state index >= 15 is 0 Å². The highest BCUT2D eigenvalue weighted by molar-refractivity contribution is 6.29. The third kappa shape index (κ3) is 4.08. The zero-order chi connectivity index (χ0) is 13.7. The van der Waals surface area contributed by atoms with E-state index in [2.05, 4.69) is 9.88 Å². The smallest absolute Gasteiger partial charge is 0.409 e. The van der Waals surface area contributed by atoms with Crippen LogP contribution in [0.3, 0.4) is 0 Å². The molecule has 0 atom stereocenters. The van der Waals surface area contributed by atoms with Gasteiger partial charge in [0.25, 0.3) is 0 Å². The number of rotatable bonds is 3. The molecule has 104 valence electrons. The zero-order valence-corrected chi connectivity index (χ0v) is 11.8. The van der Waals surface area contributed by atoms with E-state index < -0.39 is 0 Å². The van der Waals surface area contributed by atoms with Gasteiger partial charge in [0.15, 0.2) is 0 Å². The van der Waals surface area contributed by atoms with Crippen molar-refractivity contribution < 1.29 is 9.53 Å². The first-order valence-electron chi connectivity index (χ1n) is 6.43. The van der Waals surface area contributed by atoms with E-state index in [0.29, 0.717) is 24.8 Å². The standard InChI is InChI=1S/C13H18ClN3O2/c1-2-19-13(18)17-7-5-16(6-8-17)10-11-3-4-12(14)15-9-11/h3-4,9H,2,5-8,10H2,1H3. The SMILES string of the molecule is CCOC(=O)N1CCN(Cc2ccc(Cl)nc2)CC1. The number of pyridine rings is 1. The number of hydrogen-bond donors (Lipinski definition) is 0. The molecule has 0 aromatic carbocycles. The summed E-state index contributed by atoms with van der Waals surface area (Å²) in [5.41, 5.74) is 1.13. The average Bonchev–Trinajstić information content (AvgIpc) is 2.42. The molecule has 1 aliphatic rings. The van der Waals surface area contributed by atoms with Gasteiger partial charge in [-0.15, -0.1) is 0 Å². The fourth-order valence-electron chi connectivity index (χ4n) is 2.06. The minimum Gasteiger partial charge on any atom is -0.450 e. The fraction of sp³-hybridized carbons (Fsp3) is 0.538. The summed E-state index contributed by atoms with van der Waals surface area (Å²) in [7, 11) is 0. The maximum absolute atomic E-state index is 11.6. The first-order valence-corrected chi connectivity index (χ1v) is 6.81. The van der Waals surface area contributed by atoms with E-state index in [9.17, 15) is 4.79 Å². The van der Waals surface area contributed by atoms with Gasteiger partial charge in [-0.2, -0.15) is 0 Å². The third-order valence-corrected chi connectivity index (χ3v) is 3.32. The van der Waals surface area contributed by atoms with Gasteiger partial charge < -0.3 is 9.64 Å². The molecule has 2 rings (SSSR count). The largest absolute Gasteiger partial charge is 0.450 e. The van der Waals surface area contributed by atoms with Gasteiger partial charge in [-0.3, -0.25) is 4.90 Å². The Morgan fingerprint density at radius 3 is 2.68 bits per heavy atom. The fourth-order valence-corrected chi connectivity index (χ4v) is 2.17. The molecule has 1 amide bonds. The number of nitrogens with zero attached hydrogens (tertiary/aromatic N) is 3. The van der Waals surface area contributed by atoms with Crippen molar-refractivity contribution in [1.82, 2.24) is 14.8 Å². The predicted octanol–water partition coefficient (Wildman–Crippen LogP) is 2.01. The summed E-state index contributed by atoms with van der Waals surface area (Å²) >= 11 is 5.76. The maximum Gasteiger partial charge on any atom is 0.409 e. The lowest BCUT2D eigenvalue weighted by atomic mass is 10.2. The molecule has 1 aromatic rings. The number of piperazine rings is 1. The van der Waals surface area contributed by atoms with Crippen LogP contribution in [0.2, 0.25) is 5.15 Å². The van der Waals surface area contributed by atoms with Gasteiger partial charge in [0.1, 0.15) is 5.15 Å². The third-order valence-electron chi connectivity index (χ3n) is 3.09. The molecule has 1 fully saturated rings. The van der Waals surface area contributed by atoms with Crippen molar-refractivity contribution in [2.75, 3.05) is 32.8 Å². The van der Waals surface area contributed by atoms with Gasteiger partial charge >= 0.3 is 6.09 Å². The molecule has 0 N–H and O–H groups in total. The molecule has 19 heavy (non-hydrogen) atoms. The highest BCUT2D eigenvalue weighted by Gasteiger charge is 2.21. The normalized spacial score (nSPS) is 16.4. The maximum atomic E-state index is 11.6. The number of carbonyl (C=O) groups excluding carboxylic acids is 1. The second-order valence-corrected chi connectivity index (χ2v) is 4.84. The second-order valence-electron chi connectivity index (χ2n) is 4.45. The molecule has 0 radical (unpaired) electrons. The minimum absolute atomic E-state index is 0.213. The summed E-state index contributed by atoms with van der Waals surface area (Å²) in [5, 5.41) is 0.510. The van der Waals surface area contributed by atoms with Crippen LogP contribution in [0.15, 0.2) is 18.3 Å². The van der Waals surface area contributed by atoms with Crippen LogP contribution in [0.4, 0.5) is 4.79 Å². The van der Waals surface area contributed by atoms with Crippen LogP contribution in [0.1, 0.15) is 12.5 Å². The highest BCUT2D eigenvalue weighted by atomic mass is 35.5. The molecule has 6 heteroatoms. The van der Waals surface area contributed by atoms with Gasteiger partial charge in [0.05, 0.1) is 6.61 Å². The average molecular weight is 284 g/mol. The second kappa shape index (κ2) is 6.73. The Morgan fingerprint density at radius 1 is 1.37 bits per heavy atom. The lowest BCUT2D eigenvalue weighted by Crippen LogP contribution is -2.48. The van der Waals surface area contributed by atoms with Gasteiger partial charge in [0.2, 0.25) is 0 Å². The Kier molecular flexibility index (Phi) is 4.99. The van der Waals surface area contributed by atoms with E-state index in [-0.39, 0.29) is 6.09 Å². The van der Waals surface area contributed by atoms with Crippen LogP contribution in [0, 0.1) is 0 Å². The number of hydrogen-bond acceptors (Lipinski definition) is 4. The summed E-state index contributed by atoms with van der Waals surface area (Å²) in [4.78, 5) is 19.7. The van der Waals surface area contributed by atoms with E-state index in [4.69, 9.17) is 16.3 Å². The van der Waals surface area contributed by atoms with Gasteiger partial charge in [-0.05, 0) is 18.6 Å². The van der Waals surface area contributed by atoms with Crippen LogP contribution < -0.4 is 0 Å². The van der Waals surface area contributed by atoms with Crippen molar-refractivity contribution in [3.8, 4) is 0 Å². The van der Waals surface area contributed by atoms with Crippen LogP contribution >= 0.6 is 11.6 Å². The summed E-state index contributed by atoms with van der Waals surface area (Å²) in [6, 6.07) is 3.78. The van der Waals surface area contributed by atoms with Crippen molar-refractivity contribution in [3.05, 3.63) is 29.0 Å². The first-order chi connectivity index (χ1) is 9.19. The van der Waals surface area contributed by atoms with Crippen LogP contribution in [-0.2, 0) is 11.3 Å². The van der Waals surface area contributed by atoms with E-state index in [1.54, 1.807) is 17.2 Å². The Bertz CT molecular complexity index is 416. The predicted molar refractivity (Wildman–Crippen MR) is 73.1 cm³/mol. The number of carbonyl (C=O) groups is 1. The van der Waals surface area contributed by atoms with Crippen molar-refractivity contribution >= 4 is 17.7 Å². The molecule has 0 aliphatic carbocycles. The summed E-state index contributed by atoms with van der Waals surface area (Å²) in [6.07, 6.45) is 1.58. The van der Waals surface area contributed by atoms with Gasteiger partial charge in [0, 0.05) is 38.9 Å². The Hall–Kier alpha value is -1.33. The van der Waals surface area contributed by atoms with Crippen molar-refractivity contribution in [2.45, 2.75) is 13.5 Å². The quantitative estimate of drug-likeness (QED) is 0.796. The van der Waals surface area contributed by atoms with Gasteiger partial charge in [-0.25, -0.2) is 9.78 Å². The molecule has 0 spiro atoms. The molecule has 0 saturated carbocycles. The van der Waals surface area contributed by atoms with Crippen molar-refractivity contribution in [2.24, 2.45) is 0 Å². The molecule has 1 aliphatic heterocycles. The molecule has 0 unspecified atom stereocenters. The monoisotopic (exact) mass is 283 g/mol. The zero-order valence-electron chi connectivity index (χ0n) is 11.0. The van der Waals surface area contributed by atoms with E-state index in [1.165, 1.54) is 0 Å². The Morgan fingerprint density at radius 2 is 2.11 bits per heavy atom. The molecular formula is C13H18ClN3O2. The highest BCUT2D eigenvalue weighted by Crippen LogP contribution is 2.10. The number of halogens is 1. The molecule has 1 saturated heterocycles. The molecular weight excluding hydrogens is 266 g/mol. The lowest BCUT2D eigenvalue weighted by Gasteiger charge is -2.33. The molecule has 5 nitrogen and oxygen atoms in total. The van der Waals surface area contributed by atoms with Crippen LogP contribution in [0.25, 0.3) is 0 Å². The van der Waals surface area contributed by atoms with Gasteiger partial charge in [-0.1, -0.05) is 17.7 Å². The topological polar surface area (TPSA) is 45.7 Å². The number of amides is 1. The Labute approximate surface area is 118 Å². The van der Waals surface area contributed by atoms with E-state index in [1.807, 2.05) is 13.0 Å².